The zero-order valence-electron chi connectivity index (χ0n) is 8.08. The first-order chi connectivity index (χ1) is 6.75. The third-order valence-corrected chi connectivity index (χ3v) is 3.52. The Morgan fingerprint density at radius 3 is 2.79 bits per heavy atom. The van der Waals surface area contributed by atoms with E-state index in [0.717, 1.165) is 16.0 Å². The van der Waals surface area contributed by atoms with Crippen LogP contribution in [0.3, 0.4) is 0 Å². The Balaban J connectivity index is 2.15. The van der Waals surface area contributed by atoms with Gasteiger partial charge >= 0.3 is 0 Å². The third-order valence-electron chi connectivity index (χ3n) is 2.88. The topological polar surface area (TPSA) is 22.0 Å². The Labute approximate surface area is 97.5 Å². The Morgan fingerprint density at radius 1 is 1.36 bits per heavy atom. The summed E-state index contributed by atoms with van der Waals surface area (Å²) >= 11 is 2.25. The summed E-state index contributed by atoms with van der Waals surface area (Å²) < 4.78 is 3.00. The van der Waals surface area contributed by atoms with Crippen LogP contribution < -0.4 is 5.56 Å². The number of halogens is 1. The molecule has 1 fully saturated rings. The Bertz CT molecular complexity index is 366. The predicted molar refractivity (Wildman–Crippen MR) is 65.4 cm³/mol. The number of hydrogen-bond acceptors (Lipinski definition) is 1. The lowest BCUT2D eigenvalue weighted by molar-refractivity contribution is 0.448. The maximum atomic E-state index is 11.5. The van der Waals surface area contributed by atoms with E-state index in [1.54, 1.807) is 6.07 Å². The number of rotatable bonds is 2. The van der Waals surface area contributed by atoms with Crippen LogP contribution in [-0.4, -0.2) is 4.57 Å². The first kappa shape index (κ1) is 10.2. The maximum absolute atomic E-state index is 11.5. The van der Waals surface area contributed by atoms with Crippen LogP contribution in [0.15, 0.2) is 23.1 Å². The smallest absolute Gasteiger partial charge is 0.250 e. The molecule has 1 aromatic heterocycles. The van der Waals surface area contributed by atoms with Gasteiger partial charge in [0.25, 0.3) is 5.56 Å². The van der Waals surface area contributed by atoms with Crippen molar-refractivity contribution in [2.75, 3.05) is 0 Å². The molecule has 2 nitrogen and oxygen atoms in total. The van der Waals surface area contributed by atoms with Crippen molar-refractivity contribution in [2.24, 2.45) is 5.92 Å². The van der Waals surface area contributed by atoms with Gasteiger partial charge in [-0.2, -0.15) is 0 Å². The molecule has 0 atom stereocenters. The van der Waals surface area contributed by atoms with E-state index in [2.05, 4.69) is 22.6 Å². The SMILES string of the molecule is O=c1ccc(I)cn1CC1CCCC1. The van der Waals surface area contributed by atoms with Gasteiger partial charge < -0.3 is 4.57 Å². The van der Waals surface area contributed by atoms with Crippen molar-refractivity contribution in [1.29, 1.82) is 0 Å². The molecule has 76 valence electrons. The van der Waals surface area contributed by atoms with Gasteiger partial charge in [0.15, 0.2) is 0 Å². The molecule has 1 saturated carbocycles. The summed E-state index contributed by atoms with van der Waals surface area (Å²) in [5.74, 6) is 0.728. The summed E-state index contributed by atoms with van der Waals surface area (Å²) in [6.07, 6.45) is 7.21. The lowest BCUT2D eigenvalue weighted by atomic mass is 10.1. The lowest BCUT2D eigenvalue weighted by Gasteiger charge is -2.11. The first-order valence-electron chi connectivity index (χ1n) is 5.12. The molecule has 0 N–H and O–H groups in total. The van der Waals surface area contributed by atoms with Gasteiger partial charge in [-0.15, -0.1) is 0 Å². The van der Waals surface area contributed by atoms with Crippen LogP contribution in [0.25, 0.3) is 0 Å². The molecule has 0 spiro atoms. The van der Waals surface area contributed by atoms with E-state index in [9.17, 15) is 4.79 Å². The van der Waals surface area contributed by atoms with Crippen molar-refractivity contribution < 1.29 is 0 Å². The minimum Gasteiger partial charge on any atom is -0.314 e. The fourth-order valence-corrected chi connectivity index (χ4v) is 2.63. The van der Waals surface area contributed by atoms with Gasteiger partial charge in [0.2, 0.25) is 0 Å². The molecule has 1 aliphatic carbocycles. The summed E-state index contributed by atoms with van der Waals surface area (Å²) in [6, 6.07) is 3.53. The highest BCUT2D eigenvalue weighted by atomic mass is 127. The van der Waals surface area contributed by atoms with Gasteiger partial charge in [-0.05, 0) is 47.4 Å². The molecule has 0 unspecified atom stereocenters. The molecule has 1 heterocycles. The van der Waals surface area contributed by atoms with Crippen LogP contribution >= 0.6 is 22.6 Å². The fourth-order valence-electron chi connectivity index (χ4n) is 2.12. The zero-order valence-corrected chi connectivity index (χ0v) is 10.2. The highest BCUT2D eigenvalue weighted by molar-refractivity contribution is 14.1. The van der Waals surface area contributed by atoms with Crippen molar-refractivity contribution in [1.82, 2.24) is 4.57 Å². The standard InChI is InChI=1S/C11H14INO/c12-10-5-6-11(14)13(8-10)7-9-3-1-2-4-9/h5-6,8-9H,1-4,7H2. The van der Waals surface area contributed by atoms with Gasteiger partial charge in [-0.25, -0.2) is 0 Å². The number of nitrogens with zero attached hydrogens (tertiary/aromatic N) is 1. The molecular formula is C11H14INO. The van der Waals surface area contributed by atoms with Crippen molar-refractivity contribution in [3.05, 3.63) is 32.3 Å². The van der Waals surface area contributed by atoms with E-state index in [1.807, 2.05) is 16.8 Å². The third kappa shape index (κ3) is 2.38. The second-order valence-corrected chi connectivity index (χ2v) is 5.23. The molecule has 0 bridgehead atoms. The monoisotopic (exact) mass is 303 g/mol. The first-order valence-corrected chi connectivity index (χ1v) is 6.19. The van der Waals surface area contributed by atoms with Crippen LogP contribution in [-0.2, 0) is 6.54 Å². The van der Waals surface area contributed by atoms with Crippen LogP contribution in [0.1, 0.15) is 25.7 Å². The Morgan fingerprint density at radius 2 is 2.07 bits per heavy atom. The highest BCUT2D eigenvalue weighted by Gasteiger charge is 2.15. The zero-order chi connectivity index (χ0) is 9.97. The molecule has 0 aliphatic heterocycles. The lowest BCUT2D eigenvalue weighted by Crippen LogP contribution is -2.22. The molecule has 0 radical (unpaired) electrons. The molecule has 3 heteroatoms. The summed E-state index contributed by atoms with van der Waals surface area (Å²) in [5, 5.41) is 0. The van der Waals surface area contributed by atoms with Gasteiger partial charge in [-0.3, -0.25) is 4.79 Å². The highest BCUT2D eigenvalue weighted by Crippen LogP contribution is 2.25. The maximum Gasteiger partial charge on any atom is 0.250 e. The van der Waals surface area contributed by atoms with Crippen LogP contribution in [0, 0.1) is 9.49 Å². The molecule has 0 amide bonds. The minimum atomic E-state index is 0.136. The molecule has 1 aliphatic rings. The summed E-state index contributed by atoms with van der Waals surface area (Å²) in [6.45, 7) is 0.912. The van der Waals surface area contributed by atoms with E-state index in [0.29, 0.717) is 0 Å². The molecule has 0 aromatic carbocycles. The van der Waals surface area contributed by atoms with Crippen molar-refractivity contribution in [3.8, 4) is 0 Å². The van der Waals surface area contributed by atoms with Gasteiger partial charge in [0.05, 0.1) is 0 Å². The largest absolute Gasteiger partial charge is 0.314 e. The van der Waals surface area contributed by atoms with Crippen molar-refractivity contribution in [2.45, 2.75) is 32.2 Å². The van der Waals surface area contributed by atoms with Crippen LogP contribution in [0.5, 0.6) is 0 Å². The van der Waals surface area contributed by atoms with Gasteiger partial charge in [0, 0.05) is 22.4 Å². The van der Waals surface area contributed by atoms with Gasteiger partial charge in [0.1, 0.15) is 0 Å². The summed E-state index contributed by atoms with van der Waals surface area (Å²) in [7, 11) is 0. The normalized spacial score (nSPS) is 17.5. The summed E-state index contributed by atoms with van der Waals surface area (Å²) in [5.41, 5.74) is 0.136. The van der Waals surface area contributed by atoms with Gasteiger partial charge in [-0.1, -0.05) is 12.8 Å². The Kier molecular flexibility index (Phi) is 3.26. The van der Waals surface area contributed by atoms with E-state index < -0.39 is 0 Å². The van der Waals surface area contributed by atoms with E-state index >= 15 is 0 Å². The predicted octanol–water partition coefficient (Wildman–Crippen LogP) is 2.64. The molecule has 1 aromatic rings. The van der Waals surface area contributed by atoms with Crippen molar-refractivity contribution in [3.63, 3.8) is 0 Å². The van der Waals surface area contributed by atoms with Crippen molar-refractivity contribution >= 4 is 22.6 Å². The molecule has 2 rings (SSSR count). The average Bonchev–Trinajstić information content (AvgIpc) is 2.64. The number of pyridine rings is 1. The number of aromatic nitrogens is 1. The second-order valence-electron chi connectivity index (χ2n) is 3.99. The van der Waals surface area contributed by atoms with Crippen LogP contribution in [0.4, 0.5) is 0 Å². The minimum absolute atomic E-state index is 0.136. The fraction of sp³-hybridized carbons (Fsp3) is 0.545. The molecule has 14 heavy (non-hydrogen) atoms. The van der Waals surface area contributed by atoms with Crippen LogP contribution in [0.2, 0.25) is 0 Å². The van der Waals surface area contributed by atoms with E-state index in [4.69, 9.17) is 0 Å². The second kappa shape index (κ2) is 4.47. The van der Waals surface area contributed by atoms with E-state index in [1.165, 1.54) is 25.7 Å². The molecule has 0 saturated heterocycles. The Hall–Kier alpha value is -0.320. The number of hydrogen-bond donors (Lipinski definition) is 0. The quantitative estimate of drug-likeness (QED) is 0.770. The van der Waals surface area contributed by atoms with E-state index in [-0.39, 0.29) is 5.56 Å². The molecular weight excluding hydrogens is 289 g/mol. The summed E-state index contributed by atoms with van der Waals surface area (Å²) in [4.78, 5) is 11.5. The average molecular weight is 303 g/mol.